The molecule has 0 radical (unpaired) electrons. The second-order valence-corrected chi connectivity index (χ2v) is 9.60. The van der Waals surface area contributed by atoms with Crippen molar-refractivity contribution in [1.82, 2.24) is 24.1 Å². The number of aryl methyl sites for hydroxylation is 2. The third-order valence-corrected chi connectivity index (χ3v) is 7.24. The zero-order chi connectivity index (χ0) is 19.4. The highest BCUT2D eigenvalue weighted by Gasteiger charge is 2.27. The standard InChI is InChI=1S/C20H25N5O2S/c1-12-7-13(2)9-23(8-12)16(26)10-25-20(27)24-11-21-19-17(18(24)22-25)14-5-3-4-6-15(14)28-19/h11-13H,3-10H2,1-2H3. The van der Waals surface area contributed by atoms with Gasteiger partial charge in [-0.2, -0.15) is 0 Å². The fourth-order valence-electron chi connectivity index (χ4n) is 4.88. The minimum absolute atomic E-state index is 0.00618. The van der Waals surface area contributed by atoms with E-state index in [1.165, 1.54) is 25.9 Å². The number of thiophene rings is 1. The average Bonchev–Trinajstić information content (AvgIpc) is 3.19. The summed E-state index contributed by atoms with van der Waals surface area (Å²) < 4.78 is 2.81. The lowest BCUT2D eigenvalue weighted by Crippen LogP contribution is -2.45. The molecule has 2 atom stereocenters. The monoisotopic (exact) mass is 399 g/mol. The zero-order valence-corrected chi connectivity index (χ0v) is 17.2. The normalized spacial score (nSPS) is 22.7. The van der Waals surface area contributed by atoms with Gasteiger partial charge in [0.15, 0.2) is 5.65 Å². The highest BCUT2D eigenvalue weighted by molar-refractivity contribution is 7.19. The van der Waals surface area contributed by atoms with Gasteiger partial charge in [-0.1, -0.05) is 13.8 Å². The van der Waals surface area contributed by atoms with Crippen LogP contribution in [0.4, 0.5) is 0 Å². The molecule has 7 nitrogen and oxygen atoms in total. The van der Waals surface area contributed by atoms with Crippen LogP contribution in [-0.2, 0) is 24.2 Å². The fraction of sp³-hybridized carbons (Fsp3) is 0.600. The summed E-state index contributed by atoms with van der Waals surface area (Å²) in [5, 5.41) is 5.59. The van der Waals surface area contributed by atoms with E-state index in [0.717, 1.165) is 49.0 Å². The van der Waals surface area contributed by atoms with Crippen molar-refractivity contribution in [2.45, 2.75) is 52.5 Å². The molecule has 2 unspecified atom stereocenters. The molecule has 1 aliphatic heterocycles. The summed E-state index contributed by atoms with van der Waals surface area (Å²) in [6.45, 7) is 5.86. The second kappa shape index (κ2) is 6.69. The van der Waals surface area contributed by atoms with Crippen molar-refractivity contribution in [2.75, 3.05) is 13.1 Å². The summed E-state index contributed by atoms with van der Waals surface area (Å²) in [7, 11) is 0. The van der Waals surface area contributed by atoms with Gasteiger partial charge in [-0.25, -0.2) is 18.9 Å². The third kappa shape index (κ3) is 2.85. The van der Waals surface area contributed by atoms with Crippen molar-refractivity contribution in [2.24, 2.45) is 11.8 Å². The Labute approximate surface area is 167 Å². The third-order valence-electron chi connectivity index (χ3n) is 6.04. The van der Waals surface area contributed by atoms with Gasteiger partial charge in [0.1, 0.15) is 17.7 Å². The molecule has 0 bridgehead atoms. The first-order valence-corrected chi connectivity index (χ1v) is 11.0. The number of hydrogen-bond acceptors (Lipinski definition) is 5. The highest BCUT2D eigenvalue weighted by Crippen LogP contribution is 2.36. The Kier molecular flexibility index (Phi) is 4.26. The first-order valence-electron chi connectivity index (χ1n) is 10.2. The number of hydrogen-bond donors (Lipinski definition) is 0. The van der Waals surface area contributed by atoms with E-state index in [1.807, 2.05) is 4.90 Å². The lowest BCUT2D eigenvalue weighted by Gasteiger charge is -2.34. The Morgan fingerprint density at radius 2 is 1.96 bits per heavy atom. The lowest BCUT2D eigenvalue weighted by atomic mass is 9.92. The molecule has 5 rings (SSSR count). The molecule has 0 spiro atoms. The zero-order valence-electron chi connectivity index (χ0n) is 16.3. The molecule has 1 saturated heterocycles. The molecule has 1 fully saturated rings. The fourth-order valence-corrected chi connectivity index (χ4v) is 6.10. The van der Waals surface area contributed by atoms with Crippen LogP contribution in [0.1, 0.15) is 43.6 Å². The van der Waals surface area contributed by atoms with Crippen LogP contribution >= 0.6 is 11.3 Å². The Morgan fingerprint density at radius 1 is 1.21 bits per heavy atom. The average molecular weight is 400 g/mol. The quantitative estimate of drug-likeness (QED) is 0.664. The van der Waals surface area contributed by atoms with Crippen LogP contribution in [0.15, 0.2) is 11.1 Å². The largest absolute Gasteiger partial charge is 0.352 e. The van der Waals surface area contributed by atoms with Crippen LogP contribution in [0.5, 0.6) is 0 Å². The molecule has 4 heterocycles. The van der Waals surface area contributed by atoms with Gasteiger partial charge in [-0.05, 0) is 49.5 Å². The van der Waals surface area contributed by atoms with E-state index in [1.54, 1.807) is 17.7 Å². The van der Waals surface area contributed by atoms with Crippen LogP contribution in [0.25, 0.3) is 15.9 Å². The number of rotatable bonds is 2. The molecule has 0 saturated carbocycles. The number of amides is 1. The number of piperidine rings is 1. The maximum absolute atomic E-state index is 12.9. The van der Waals surface area contributed by atoms with Crippen molar-refractivity contribution in [3.05, 3.63) is 27.3 Å². The number of nitrogens with zero attached hydrogens (tertiary/aromatic N) is 5. The Bertz CT molecular complexity index is 1120. The molecule has 1 aliphatic carbocycles. The van der Waals surface area contributed by atoms with Crippen molar-refractivity contribution in [1.29, 1.82) is 0 Å². The Morgan fingerprint density at radius 3 is 2.75 bits per heavy atom. The van der Waals surface area contributed by atoms with Crippen LogP contribution < -0.4 is 5.69 Å². The van der Waals surface area contributed by atoms with Gasteiger partial charge in [0.25, 0.3) is 0 Å². The summed E-state index contributed by atoms with van der Waals surface area (Å²) in [6, 6.07) is 0. The van der Waals surface area contributed by atoms with E-state index in [2.05, 4.69) is 23.9 Å². The maximum atomic E-state index is 12.9. The molecule has 28 heavy (non-hydrogen) atoms. The number of carbonyl (C=O) groups excluding carboxylic acids is 1. The predicted octanol–water partition coefficient (Wildman–Crippen LogP) is 2.49. The van der Waals surface area contributed by atoms with E-state index in [9.17, 15) is 9.59 Å². The van der Waals surface area contributed by atoms with Gasteiger partial charge in [0.2, 0.25) is 5.91 Å². The molecule has 0 N–H and O–H groups in total. The van der Waals surface area contributed by atoms with Crippen LogP contribution in [0, 0.1) is 11.8 Å². The number of aromatic nitrogens is 4. The van der Waals surface area contributed by atoms with Gasteiger partial charge < -0.3 is 4.90 Å². The van der Waals surface area contributed by atoms with Crippen molar-refractivity contribution in [3.8, 4) is 0 Å². The van der Waals surface area contributed by atoms with E-state index >= 15 is 0 Å². The number of carbonyl (C=O) groups is 1. The number of fused-ring (bicyclic) bond motifs is 5. The molecule has 2 aliphatic rings. The highest BCUT2D eigenvalue weighted by atomic mass is 32.1. The van der Waals surface area contributed by atoms with Gasteiger partial charge in [-0.3, -0.25) is 4.79 Å². The summed E-state index contributed by atoms with van der Waals surface area (Å²) in [5.74, 6) is 0.957. The minimum Gasteiger partial charge on any atom is -0.341 e. The molecule has 148 valence electrons. The summed E-state index contributed by atoms with van der Waals surface area (Å²) in [5.41, 5.74) is 1.65. The molecular weight excluding hydrogens is 374 g/mol. The smallest absolute Gasteiger partial charge is 0.341 e. The second-order valence-electron chi connectivity index (χ2n) is 8.51. The van der Waals surface area contributed by atoms with Gasteiger partial charge >= 0.3 is 5.69 Å². The lowest BCUT2D eigenvalue weighted by molar-refractivity contribution is -0.134. The van der Waals surface area contributed by atoms with Crippen molar-refractivity contribution >= 4 is 33.1 Å². The SMILES string of the molecule is CC1CC(C)CN(C(=O)Cn2nc3c4c5c(sc4ncn3c2=O)CCCC5)C1. The van der Waals surface area contributed by atoms with Crippen LogP contribution in [-0.4, -0.2) is 43.1 Å². The van der Waals surface area contributed by atoms with Crippen molar-refractivity contribution < 1.29 is 4.79 Å². The first kappa shape index (κ1) is 17.8. The molecule has 3 aromatic heterocycles. The van der Waals surface area contributed by atoms with Crippen molar-refractivity contribution in [3.63, 3.8) is 0 Å². The number of likely N-dealkylation sites (tertiary alicyclic amines) is 1. The van der Waals surface area contributed by atoms with Gasteiger partial charge in [0, 0.05) is 18.0 Å². The first-order chi connectivity index (χ1) is 13.5. The Balaban J connectivity index is 1.53. The Hall–Kier alpha value is -2.22. The van der Waals surface area contributed by atoms with E-state index in [-0.39, 0.29) is 18.1 Å². The predicted molar refractivity (Wildman–Crippen MR) is 109 cm³/mol. The minimum atomic E-state index is -0.286. The van der Waals surface area contributed by atoms with Crippen LogP contribution in [0.2, 0.25) is 0 Å². The van der Waals surface area contributed by atoms with E-state index in [4.69, 9.17) is 0 Å². The molecule has 0 aromatic carbocycles. The molecule has 1 amide bonds. The van der Waals surface area contributed by atoms with E-state index in [0.29, 0.717) is 17.5 Å². The molecule has 8 heteroatoms. The summed E-state index contributed by atoms with van der Waals surface area (Å²) >= 11 is 1.72. The maximum Gasteiger partial charge on any atom is 0.352 e. The molecular formula is C20H25N5O2S. The summed E-state index contributed by atoms with van der Waals surface area (Å²) in [4.78, 5) is 34.4. The van der Waals surface area contributed by atoms with Crippen LogP contribution in [0.3, 0.4) is 0 Å². The topological polar surface area (TPSA) is 72.5 Å². The molecule has 3 aromatic rings. The van der Waals surface area contributed by atoms with Gasteiger partial charge in [-0.15, -0.1) is 16.4 Å². The van der Waals surface area contributed by atoms with E-state index < -0.39 is 0 Å². The van der Waals surface area contributed by atoms with Gasteiger partial charge in [0.05, 0.1) is 5.39 Å². The summed E-state index contributed by atoms with van der Waals surface area (Å²) in [6.07, 6.45) is 7.16.